The van der Waals surface area contributed by atoms with Crippen LogP contribution in [0.2, 0.25) is 0 Å². The fraction of sp³-hybridized carbons (Fsp3) is 0.824. The molecule has 0 radical (unpaired) electrons. The monoisotopic (exact) mass is 325 g/mol. The fourth-order valence-electron chi connectivity index (χ4n) is 3.05. The van der Waals surface area contributed by atoms with Crippen LogP contribution in [0.3, 0.4) is 0 Å². The number of primary amides is 1. The summed E-state index contributed by atoms with van der Waals surface area (Å²) in [6.45, 7) is 7.20. The van der Waals surface area contributed by atoms with Crippen LogP contribution in [0, 0.1) is 5.92 Å². The van der Waals surface area contributed by atoms with E-state index in [0.717, 1.165) is 38.8 Å². The minimum Gasteiger partial charge on any atom is -0.370 e. The first kappa shape index (κ1) is 19.5. The van der Waals surface area contributed by atoms with Gasteiger partial charge in [-0.2, -0.15) is 0 Å². The lowest BCUT2D eigenvalue weighted by Crippen LogP contribution is -2.40. The molecule has 0 bridgehead atoms. The van der Waals surface area contributed by atoms with Gasteiger partial charge >= 0.3 is 0 Å². The van der Waals surface area contributed by atoms with E-state index in [2.05, 4.69) is 13.8 Å². The number of carbonyl (C=O) groups is 3. The van der Waals surface area contributed by atoms with Gasteiger partial charge in [-0.1, -0.05) is 13.8 Å². The molecule has 23 heavy (non-hydrogen) atoms. The SMILES string of the molecule is CCCN(CCC)C(=O)CC1CCN(C(=O)CCC(N)=O)CC1. The molecular formula is C17H31N3O3. The van der Waals surface area contributed by atoms with E-state index < -0.39 is 5.91 Å². The summed E-state index contributed by atoms with van der Waals surface area (Å²) < 4.78 is 0. The summed E-state index contributed by atoms with van der Waals surface area (Å²) >= 11 is 0. The summed E-state index contributed by atoms with van der Waals surface area (Å²) in [5.41, 5.74) is 5.07. The second kappa shape index (κ2) is 10.2. The smallest absolute Gasteiger partial charge is 0.223 e. The topological polar surface area (TPSA) is 83.7 Å². The highest BCUT2D eigenvalue weighted by atomic mass is 16.2. The standard InChI is InChI=1S/C17H31N3O3/c1-3-9-19(10-4-2)17(23)13-14-7-11-20(12-8-14)16(22)6-5-15(18)21/h14H,3-13H2,1-2H3,(H2,18,21). The molecule has 0 spiro atoms. The molecule has 0 aromatic rings. The van der Waals surface area contributed by atoms with Crippen molar-refractivity contribution in [3.05, 3.63) is 0 Å². The first-order valence-corrected chi connectivity index (χ1v) is 8.81. The molecule has 2 N–H and O–H groups in total. The maximum absolute atomic E-state index is 12.4. The Balaban J connectivity index is 2.36. The first-order chi connectivity index (χ1) is 11.0. The Morgan fingerprint density at radius 1 is 1.04 bits per heavy atom. The third kappa shape index (κ3) is 7.01. The lowest BCUT2D eigenvalue weighted by molar-refractivity contribution is -0.135. The Kier molecular flexibility index (Phi) is 8.66. The lowest BCUT2D eigenvalue weighted by atomic mass is 9.92. The van der Waals surface area contributed by atoms with E-state index in [1.165, 1.54) is 0 Å². The highest BCUT2D eigenvalue weighted by Crippen LogP contribution is 2.22. The van der Waals surface area contributed by atoms with E-state index in [9.17, 15) is 14.4 Å². The summed E-state index contributed by atoms with van der Waals surface area (Å²) in [4.78, 5) is 38.8. The number of amides is 3. The van der Waals surface area contributed by atoms with E-state index in [4.69, 9.17) is 5.73 Å². The van der Waals surface area contributed by atoms with Crippen LogP contribution < -0.4 is 5.73 Å². The molecule has 6 heteroatoms. The average molecular weight is 325 g/mol. The van der Waals surface area contributed by atoms with E-state index in [1.807, 2.05) is 4.90 Å². The number of hydrogen-bond acceptors (Lipinski definition) is 3. The number of hydrogen-bond donors (Lipinski definition) is 1. The molecule has 1 fully saturated rings. The van der Waals surface area contributed by atoms with Crippen molar-refractivity contribution in [3.63, 3.8) is 0 Å². The molecule has 6 nitrogen and oxygen atoms in total. The minimum atomic E-state index is -0.439. The van der Waals surface area contributed by atoms with E-state index in [0.29, 0.717) is 25.4 Å². The molecule has 1 aliphatic heterocycles. The average Bonchev–Trinajstić information content (AvgIpc) is 2.53. The third-order valence-corrected chi connectivity index (χ3v) is 4.36. The van der Waals surface area contributed by atoms with Gasteiger partial charge < -0.3 is 15.5 Å². The van der Waals surface area contributed by atoms with Crippen LogP contribution in [-0.4, -0.2) is 53.7 Å². The van der Waals surface area contributed by atoms with Crippen molar-refractivity contribution in [2.45, 2.75) is 58.8 Å². The van der Waals surface area contributed by atoms with Gasteiger partial charge in [0.05, 0.1) is 0 Å². The molecule has 3 amide bonds. The van der Waals surface area contributed by atoms with E-state index in [1.54, 1.807) is 4.90 Å². The second-order valence-electron chi connectivity index (χ2n) is 6.38. The van der Waals surface area contributed by atoms with Crippen LogP contribution in [0.5, 0.6) is 0 Å². The maximum atomic E-state index is 12.4. The van der Waals surface area contributed by atoms with Crippen molar-refractivity contribution in [1.29, 1.82) is 0 Å². The van der Waals surface area contributed by atoms with Crippen molar-refractivity contribution >= 4 is 17.7 Å². The quantitative estimate of drug-likeness (QED) is 0.698. The normalized spacial score (nSPS) is 15.5. The van der Waals surface area contributed by atoms with Crippen LogP contribution in [0.15, 0.2) is 0 Å². The maximum Gasteiger partial charge on any atom is 0.223 e. The minimum absolute atomic E-state index is 0.00725. The van der Waals surface area contributed by atoms with Gasteiger partial charge in [0.1, 0.15) is 0 Å². The molecule has 0 aromatic carbocycles. The number of likely N-dealkylation sites (tertiary alicyclic amines) is 1. The third-order valence-electron chi connectivity index (χ3n) is 4.36. The molecule has 0 atom stereocenters. The van der Waals surface area contributed by atoms with Gasteiger partial charge in [0.2, 0.25) is 17.7 Å². The Labute approximate surface area is 139 Å². The van der Waals surface area contributed by atoms with Crippen molar-refractivity contribution in [1.82, 2.24) is 9.80 Å². The van der Waals surface area contributed by atoms with E-state index >= 15 is 0 Å². The Bertz CT molecular complexity index is 398. The zero-order chi connectivity index (χ0) is 17.2. The predicted octanol–water partition coefficient (Wildman–Crippen LogP) is 1.53. The zero-order valence-electron chi connectivity index (χ0n) is 14.6. The summed E-state index contributed by atoms with van der Waals surface area (Å²) in [5, 5.41) is 0. The van der Waals surface area contributed by atoms with Crippen molar-refractivity contribution < 1.29 is 14.4 Å². The molecule has 1 heterocycles. The summed E-state index contributed by atoms with van der Waals surface area (Å²) in [6.07, 6.45) is 4.58. The Morgan fingerprint density at radius 3 is 2.09 bits per heavy atom. The first-order valence-electron chi connectivity index (χ1n) is 8.81. The number of rotatable bonds is 9. The highest BCUT2D eigenvalue weighted by Gasteiger charge is 2.25. The largest absolute Gasteiger partial charge is 0.370 e. The molecule has 0 aliphatic carbocycles. The number of nitrogens with zero attached hydrogens (tertiary/aromatic N) is 2. The van der Waals surface area contributed by atoms with Gasteiger partial charge in [0.25, 0.3) is 0 Å². The van der Waals surface area contributed by atoms with Crippen molar-refractivity contribution in [2.75, 3.05) is 26.2 Å². The van der Waals surface area contributed by atoms with Crippen LogP contribution in [-0.2, 0) is 14.4 Å². The lowest BCUT2D eigenvalue weighted by Gasteiger charge is -2.33. The Morgan fingerprint density at radius 2 is 1.61 bits per heavy atom. The second-order valence-corrected chi connectivity index (χ2v) is 6.38. The Hall–Kier alpha value is -1.59. The molecular weight excluding hydrogens is 294 g/mol. The van der Waals surface area contributed by atoms with Crippen molar-refractivity contribution in [3.8, 4) is 0 Å². The highest BCUT2D eigenvalue weighted by molar-refractivity contribution is 5.83. The van der Waals surface area contributed by atoms with Gasteiger partial charge in [-0.3, -0.25) is 14.4 Å². The van der Waals surface area contributed by atoms with Gasteiger partial charge in [-0.15, -0.1) is 0 Å². The van der Waals surface area contributed by atoms with Crippen LogP contribution in [0.25, 0.3) is 0 Å². The molecule has 132 valence electrons. The molecule has 0 aromatic heterocycles. The van der Waals surface area contributed by atoms with E-state index in [-0.39, 0.29) is 24.7 Å². The zero-order valence-corrected chi connectivity index (χ0v) is 14.6. The number of piperidine rings is 1. The molecule has 0 unspecified atom stereocenters. The van der Waals surface area contributed by atoms with Gasteiger partial charge in [-0.05, 0) is 31.6 Å². The van der Waals surface area contributed by atoms with Crippen LogP contribution in [0.1, 0.15) is 58.8 Å². The summed E-state index contributed by atoms with van der Waals surface area (Å²) in [7, 11) is 0. The number of nitrogens with two attached hydrogens (primary N) is 1. The van der Waals surface area contributed by atoms with Crippen LogP contribution in [0.4, 0.5) is 0 Å². The van der Waals surface area contributed by atoms with Gasteiger partial charge in [0, 0.05) is 45.4 Å². The molecule has 1 rings (SSSR count). The number of carbonyl (C=O) groups excluding carboxylic acids is 3. The summed E-state index contributed by atoms with van der Waals surface area (Å²) in [5.74, 6) is 0.157. The van der Waals surface area contributed by atoms with Crippen molar-refractivity contribution in [2.24, 2.45) is 11.7 Å². The predicted molar refractivity (Wildman–Crippen MR) is 89.5 cm³/mol. The molecule has 1 saturated heterocycles. The molecule has 0 saturated carbocycles. The summed E-state index contributed by atoms with van der Waals surface area (Å²) in [6, 6.07) is 0. The van der Waals surface area contributed by atoms with Gasteiger partial charge in [-0.25, -0.2) is 0 Å². The fourth-order valence-corrected chi connectivity index (χ4v) is 3.05. The molecule has 1 aliphatic rings. The van der Waals surface area contributed by atoms with Crippen LogP contribution >= 0.6 is 0 Å². The van der Waals surface area contributed by atoms with Gasteiger partial charge in [0.15, 0.2) is 0 Å².